The summed E-state index contributed by atoms with van der Waals surface area (Å²) in [6.07, 6.45) is 0.220. The van der Waals surface area contributed by atoms with E-state index in [1.807, 2.05) is 13.8 Å². The van der Waals surface area contributed by atoms with E-state index in [1.54, 1.807) is 0 Å². The van der Waals surface area contributed by atoms with Gasteiger partial charge in [-0.3, -0.25) is 14.4 Å². The third-order valence-electron chi connectivity index (χ3n) is 1.97. The van der Waals surface area contributed by atoms with Gasteiger partial charge in [-0.15, -0.1) is 0 Å². The number of hydrogen-bond donors (Lipinski definition) is 2. The molecule has 0 saturated heterocycles. The van der Waals surface area contributed by atoms with Crippen LogP contribution in [0.25, 0.3) is 0 Å². The molecule has 0 aliphatic heterocycles. The fourth-order valence-electron chi connectivity index (χ4n) is 1.35. The normalized spacial score (nSPS) is 10.4. The first kappa shape index (κ1) is 16.8. The number of hydrogen-bond acceptors (Lipinski definition) is 4. The Kier molecular flexibility index (Phi) is 8.19. The number of nitrogens with zero attached hydrogens (tertiary/aromatic N) is 1. The maximum Gasteiger partial charge on any atom is 0.323 e. The summed E-state index contributed by atoms with van der Waals surface area (Å²) in [5.74, 6) is -0.785. The molecule has 104 valence electrons. The van der Waals surface area contributed by atoms with Crippen molar-refractivity contribution in [2.75, 3.05) is 24.6 Å². The summed E-state index contributed by atoms with van der Waals surface area (Å²) in [4.78, 5) is 34.3. The minimum absolute atomic E-state index is 0.177. The van der Waals surface area contributed by atoms with Crippen LogP contribution in [0.4, 0.5) is 0 Å². The van der Waals surface area contributed by atoms with Gasteiger partial charge < -0.3 is 15.7 Å². The van der Waals surface area contributed by atoms with Gasteiger partial charge in [-0.2, -0.15) is 11.8 Å². The fourth-order valence-corrected chi connectivity index (χ4v) is 2.01. The number of carbonyl (C=O) groups is 3. The second-order valence-corrected chi connectivity index (χ2v) is 5.44. The van der Waals surface area contributed by atoms with Crippen LogP contribution in [0, 0.1) is 5.92 Å². The molecule has 0 aliphatic carbocycles. The lowest BCUT2D eigenvalue weighted by Gasteiger charge is -2.22. The predicted molar refractivity (Wildman–Crippen MR) is 70.2 cm³/mol. The van der Waals surface area contributed by atoms with Crippen LogP contribution in [-0.4, -0.2) is 52.4 Å². The van der Waals surface area contributed by atoms with E-state index in [1.165, 1.54) is 16.7 Å². The van der Waals surface area contributed by atoms with Crippen LogP contribution >= 0.6 is 11.8 Å². The Morgan fingerprint density at radius 3 is 2.39 bits per heavy atom. The number of aliphatic carboxylic acids is 1. The van der Waals surface area contributed by atoms with Crippen LogP contribution in [0.5, 0.6) is 0 Å². The summed E-state index contributed by atoms with van der Waals surface area (Å²) < 4.78 is 0. The molecule has 0 radical (unpaired) electrons. The lowest BCUT2D eigenvalue weighted by Crippen LogP contribution is -2.38. The van der Waals surface area contributed by atoms with Crippen LogP contribution in [0.3, 0.4) is 0 Å². The van der Waals surface area contributed by atoms with Crippen LogP contribution in [-0.2, 0) is 14.4 Å². The van der Waals surface area contributed by atoms with Gasteiger partial charge >= 0.3 is 5.97 Å². The minimum Gasteiger partial charge on any atom is -0.480 e. The summed E-state index contributed by atoms with van der Waals surface area (Å²) in [6.45, 7) is 3.98. The molecule has 0 rings (SSSR count). The molecule has 0 fully saturated rings. The minimum atomic E-state index is -1.02. The fraction of sp³-hybridized carbons (Fsp3) is 0.727. The van der Waals surface area contributed by atoms with Gasteiger partial charge in [-0.1, -0.05) is 13.8 Å². The lowest BCUT2D eigenvalue weighted by atomic mass is 10.2. The Hall–Kier alpha value is -1.24. The number of carboxylic acid groups (broad SMARTS) is 1. The molecule has 0 unspecified atom stereocenters. The highest BCUT2D eigenvalue weighted by atomic mass is 32.2. The molecular weight excluding hydrogens is 256 g/mol. The molecule has 0 saturated carbocycles. The Labute approximate surface area is 111 Å². The molecule has 6 nitrogen and oxygen atoms in total. The van der Waals surface area contributed by atoms with Crippen molar-refractivity contribution in [2.45, 2.75) is 20.3 Å². The lowest BCUT2D eigenvalue weighted by molar-refractivity contribution is -0.144. The monoisotopic (exact) mass is 276 g/mol. The highest BCUT2D eigenvalue weighted by Crippen LogP contribution is 2.06. The van der Waals surface area contributed by atoms with Gasteiger partial charge in [0.15, 0.2) is 0 Å². The van der Waals surface area contributed by atoms with Gasteiger partial charge in [0.25, 0.3) is 0 Å². The number of carbonyl (C=O) groups excluding carboxylic acids is 2. The number of primary amides is 1. The van der Waals surface area contributed by atoms with Gasteiger partial charge in [0, 0.05) is 18.7 Å². The van der Waals surface area contributed by atoms with Crippen molar-refractivity contribution < 1.29 is 19.5 Å². The topological polar surface area (TPSA) is 101 Å². The van der Waals surface area contributed by atoms with Gasteiger partial charge in [-0.05, 0) is 5.92 Å². The van der Waals surface area contributed by atoms with E-state index in [4.69, 9.17) is 10.8 Å². The third-order valence-corrected chi connectivity index (χ3v) is 2.95. The summed E-state index contributed by atoms with van der Waals surface area (Å²) in [6, 6.07) is 0. The highest BCUT2D eigenvalue weighted by molar-refractivity contribution is 7.99. The van der Waals surface area contributed by atoms with E-state index in [0.29, 0.717) is 12.3 Å². The van der Waals surface area contributed by atoms with Crippen LogP contribution < -0.4 is 5.73 Å². The first-order valence-corrected chi connectivity index (χ1v) is 6.84. The molecule has 0 atom stereocenters. The van der Waals surface area contributed by atoms with Crippen LogP contribution in [0.15, 0.2) is 0 Å². The molecular formula is C11H20N2O4S. The molecule has 0 aliphatic rings. The van der Waals surface area contributed by atoms with Crippen molar-refractivity contribution in [1.29, 1.82) is 0 Å². The Bertz CT molecular complexity index is 307. The smallest absolute Gasteiger partial charge is 0.323 e. The van der Waals surface area contributed by atoms with Crippen LogP contribution in [0.1, 0.15) is 20.3 Å². The molecule has 7 heteroatoms. The first-order valence-electron chi connectivity index (χ1n) is 5.68. The molecule has 0 aromatic rings. The average molecular weight is 276 g/mol. The number of carboxylic acids is 1. The van der Waals surface area contributed by atoms with E-state index in [2.05, 4.69) is 0 Å². The summed E-state index contributed by atoms with van der Waals surface area (Å²) >= 11 is 1.28. The maximum absolute atomic E-state index is 11.8. The summed E-state index contributed by atoms with van der Waals surface area (Å²) in [5.41, 5.74) is 4.97. The molecule has 18 heavy (non-hydrogen) atoms. The van der Waals surface area contributed by atoms with Gasteiger partial charge in [-0.25, -0.2) is 0 Å². The highest BCUT2D eigenvalue weighted by Gasteiger charge is 2.17. The van der Waals surface area contributed by atoms with Crippen LogP contribution in [0.2, 0.25) is 0 Å². The van der Waals surface area contributed by atoms with E-state index in [9.17, 15) is 14.4 Å². The Morgan fingerprint density at radius 1 is 1.33 bits per heavy atom. The van der Waals surface area contributed by atoms with E-state index < -0.39 is 11.9 Å². The van der Waals surface area contributed by atoms with E-state index >= 15 is 0 Å². The first-order chi connectivity index (χ1) is 8.32. The zero-order valence-electron chi connectivity index (χ0n) is 10.7. The third kappa shape index (κ3) is 8.86. The molecule has 0 heterocycles. The number of rotatable bonds is 9. The zero-order valence-corrected chi connectivity index (χ0v) is 11.5. The second-order valence-electron chi connectivity index (χ2n) is 4.33. The average Bonchev–Trinajstić information content (AvgIpc) is 2.21. The molecule has 0 spiro atoms. The second kappa shape index (κ2) is 8.79. The summed E-state index contributed by atoms with van der Waals surface area (Å²) in [5, 5.41) is 8.73. The van der Waals surface area contributed by atoms with Gasteiger partial charge in [0.2, 0.25) is 11.8 Å². The van der Waals surface area contributed by atoms with E-state index in [-0.39, 0.29) is 30.5 Å². The summed E-state index contributed by atoms with van der Waals surface area (Å²) in [7, 11) is 0. The SMILES string of the molecule is CC(C)CN(CC(=O)O)C(=O)CCSCC(N)=O. The standard InChI is InChI=1S/C11H20N2O4S/c1-8(2)5-13(6-11(16)17)10(15)3-4-18-7-9(12)14/h8H,3-7H2,1-2H3,(H2,12,14)(H,16,17). The van der Waals surface area contributed by atoms with Crippen molar-refractivity contribution in [2.24, 2.45) is 11.7 Å². The predicted octanol–water partition coefficient (Wildman–Crippen LogP) is 0.164. The van der Waals surface area contributed by atoms with Crippen molar-refractivity contribution >= 4 is 29.5 Å². The van der Waals surface area contributed by atoms with Crippen molar-refractivity contribution in [3.63, 3.8) is 0 Å². The van der Waals surface area contributed by atoms with Gasteiger partial charge in [0.05, 0.1) is 5.75 Å². The zero-order chi connectivity index (χ0) is 14.1. The van der Waals surface area contributed by atoms with Crippen molar-refractivity contribution in [1.82, 2.24) is 4.90 Å². The number of nitrogens with two attached hydrogens (primary N) is 1. The van der Waals surface area contributed by atoms with Gasteiger partial charge in [0.1, 0.15) is 6.54 Å². The molecule has 0 aromatic carbocycles. The van der Waals surface area contributed by atoms with Crippen molar-refractivity contribution in [3.8, 4) is 0 Å². The number of amides is 2. The molecule has 0 bridgehead atoms. The quantitative estimate of drug-likeness (QED) is 0.584. The maximum atomic E-state index is 11.8. The Morgan fingerprint density at radius 2 is 1.94 bits per heavy atom. The molecule has 2 amide bonds. The van der Waals surface area contributed by atoms with E-state index in [0.717, 1.165) is 0 Å². The largest absolute Gasteiger partial charge is 0.480 e. The molecule has 0 aromatic heterocycles. The Balaban J connectivity index is 4.12. The molecule has 3 N–H and O–H groups in total. The number of thioether (sulfide) groups is 1. The van der Waals surface area contributed by atoms with Crippen molar-refractivity contribution in [3.05, 3.63) is 0 Å².